The molecule has 1 aromatic heterocycles. The van der Waals surface area contributed by atoms with Crippen molar-refractivity contribution < 1.29 is 0 Å². The second kappa shape index (κ2) is 5.36. The quantitative estimate of drug-likeness (QED) is 0.745. The molecule has 1 aromatic carbocycles. The van der Waals surface area contributed by atoms with Gasteiger partial charge >= 0.3 is 0 Å². The Labute approximate surface area is 114 Å². The Morgan fingerprint density at radius 2 is 1.94 bits per heavy atom. The zero-order valence-electron chi connectivity index (χ0n) is 10.3. The molecule has 1 heterocycles. The van der Waals surface area contributed by atoms with Crippen LogP contribution in [0.4, 0.5) is 0 Å². The smallest absolute Gasteiger partial charge is 0.0343 e. The number of halogens is 1. The standard InChI is InChI=1S/C16H15N.ClH/c1-12-9-13-5-2-3-6-14(13)10-16(12)15-7-4-8-17-11-15;/h2-8,10-12H,9H2,1H3;1H. The van der Waals surface area contributed by atoms with Crippen molar-refractivity contribution in [3.8, 4) is 0 Å². The van der Waals surface area contributed by atoms with Gasteiger partial charge in [-0.1, -0.05) is 43.3 Å². The highest BCUT2D eigenvalue weighted by Crippen LogP contribution is 2.33. The molecule has 0 saturated heterocycles. The molecule has 18 heavy (non-hydrogen) atoms. The summed E-state index contributed by atoms with van der Waals surface area (Å²) in [4.78, 5) is 4.21. The third kappa shape index (κ3) is 2.32. The monoisotopic (exact) mass is 257 g/mol. The summed E-state index contributed by atoms with van der Waals surface area (Å²) >= 11 is 0. The minimum atomic E-state index is 0. The van der Waals surface area contributed by atoms with E-state index in [0.29, 0.717) is 5.92 Å². The van der Waals surface area contributed by atoms with E-state index in [2.05, 4.69) is 48.3 Å². The molecule has 0 radical (unpaired) electrons. The Kier molecular flexibility index (Phi) is 3.83. The first-order valence-corrected chi connectivity index (χ1v) is 6.04. The maximum Gasteiger partial charge on any atom is 0.0343 e. The molecule has 1 atom stereocenters. The van der Waals surface area contributed by atoms with Crippen LogP contribution in [0.5, 0.6) is 0 Å². The van der Waals surface area contributed by atoms with Gasteiger partial charge in [-0.15, -0.1) is 12.4 Å². The lowest BCUT2D eigenvalue weighted by Gasteiger charge is -2.23. The van der Waals surface area contributed by atoms with Gasteiger partial charge in [0.05, 0.1) is 0 Å². The van der Waals surface area contributed by atoms with Gasteiger partial charge in [0.15, 0.2) is 0 Å². The van der Waals surface area contributed by atoms with Crippen LogP contribution in [0, 0.1) is 5.92 Å². The van der Waals surface area contributed by atoms with E-state index in [-0.39, 0.29) is 12.4 Å². The highest BCUT2D eigenvalue weighted by Gasteiger charge is 2.18. The average Bonchev–Trinajstić information content (AvgIpc) is 2.39. The molecule has 2 heteroatoms. The number of hydrogen-bond donors (Lipinski definition) is 0. The predicted octanol–water partition coefficient (Wildman–Crippen LogP) is 4.24. The van der Waals surface area contributed by atoms with Crippen molar-refractivity contribution in [2.45, 2.75) is 13.3 Å². The Bertz CT molecular complexity index is 560. The molecule has 1 aliphatic carbocycles. The normalized spacial score (nSPS) is 17.4. The van der Waals surface area contributed by atoms with Crippen LogP contribution >= 0.6 is 12.4 Å². The fraction of sp³-hybridized carbons (Fsp3) is 0.188. The van der Waals surface area contributed by atoms with E-state index in [9.17, 15) is 0 Å². The van der Waals surface area contributed by atoms with Gasteiger partial charge in [0.2, 0.25) is 0 Å². The van der Waals surface area contributed by atoms with Gasteiger partial charge < -0.3 is 0 Å². The van der Waals surface area contributed by atoms with Crippen LogP contribution in [0.2, 0.25) is 0 Å². The summed E-state index contributed by atoms with van der Waals surface area (Å²) in [5.74, 6) is 0.564. The second-order valence-electron chi connectivity index (χ2n) is 4.65. The summed E-state index contributed by atoms with van der Waals surface area (Å²) in [5, 5.41) is 0. The molecule has 0 amide bonds. The third-order valence-corrected chi connectivity index (χ3v) is 3.42. The van der Waals surface area contributed by atoms with Crippen molar-refractivity contribution in [1.29, 1.82) is 0 Å². The first-order chi connectivity index (χ1) is 8.34. The topological polar surface area (TPSA) is 12.9 Å². The molecule has 0 N–H and O–H groups in total. The molecule has 1 unspecified atom stereocenters. The van der Waals surface area contributed by atoms with Crippen LogP contribution in [0.1, 0.15) is 23.6 Å². The summed E-state index contributed by atoms with van der Waals surface area (Å²) < 4.78 is 0. The molecule has 1 aliphatic rings. The van der Waals surface area contributed by atoms with Crippen molar-refractivity contribution >= 4 is 24.1 Å². The molecule has 3 rings (SSSR count). The lowest BCUT2D eigenvalue weighted by atomic mass is 9.82. The first-order valence-electron chi connectivity index (χ1n) is 6.04. The number of fused-ring (bicyclic) bond motifs is 1. The molecule has 0 saturated carbocycles. The molecular formula is C16H16ClN. The highest BCUT2D eigenvalue weighted by molar-refractivity contribution is 5.85. The maximum absolute atomic E-state index is 4.21. The zero-order chi connectivity index (χ0) is 11.7. The molecule has 2 aromatic rings. The van der Waals surface area contributed by atoms with Crippen LogP contribution in [0.25, 0.3) is 11.6 Å². The van der Waals surface area contributed by atoms with Gasteiger partial charge in [-0.3, -0.25) is 4.98 Å². The van der Waals surface area contributed by atoms with E-state index < -0.39 is 0 Å². The number of rotatable bonds is 1. The molecule has 0 bridgehead atoms. The lowest BCUT2D eigenvalue weighted by molar-refractivity contribution is 0.737. The predicted molar refractivity (Wildman–Crippen MR) is 78.7 cm³/mol. The molecule has 0 spiro atoms. The highest BCUT2D eigenvalue weighted by atomic mass is 35.5. The number of benzene rings is 1. The Balaban J connectivity index is 0.00000120. The minimum Gasteiger partial charge on any atom is -0.264 e. The Morgan fingerprint density at radius 1 is 1.11 bits per heavy atom. The molecule has 0 fully saturated rings. The number of allylic oxidation sites excluding steroid dienone is 1. The van der Waals surface area contributed by atoms with Crippen LogP contribution in [0.3, 0.4) is 0 Å². The summed E-state index contributed by atoms with van der Waals surface area (Å²) in [6, 6.07) is 12.8. The van der Waals surface area contributed by atoms with Crippen LogP contribution < -0.4 is 0 Å². The number of hydrogen-bond acceptors (Lipinski definition) is 1. The van der Waals surface area contributed by atoms with E-state index in [1.807, 2.05) is 18.5 Å². The van der Waals surface area contributed by atoms with Crippen molar-refractivity contribution in [1.82, 2.24) is 4.98 Å². The Morgan fingerprint density at radius 3 is 2.72 bits per heavy atom. The van der Waals surface area contributed by atoms with Gasteiger partial charge in [-0.2, -0.15) is 0 Å². The molecule has 1 nitrogen and oxygen atoms in total. The minimum absolute atomic E-state index is 0. The Hall–Kier alpha value is -1.60. The molecular weight excluding hydrogens is 242 g/mol. The number of nitrogens with zero attached hydrogens (tertiary/aromatic N) is 1. The fourth-order valence-electron chi connectivity index (χ4n) is 2.51. The van der Waals surface area contributed by atoms with E-state index in [4.69, 9.17) is 0 Å². The van der Waals surface area contributed by atoms with E-state index >= 15 is 0 Å². The number of pyridine rings is 1. The largest absolute Gasteiger partial charge is 0.264 e. The van der Waals surface area contributed by atoms with Crippen LogP contribution in [0.15, 0.2) is 48.8 Å². The molecule has 92 valence electrons. The lowest BCUT2D eigenvalue weighted by Crippen LogP contribution is -2.09. The maximum atomic E-state index is 4.21. The first kappa shape index (κ1) is 12.8. The van der Waals surface area contributed by atoms with E-state index in [1.165, 1.54) is 22.3 Å². The van der Waals surface area contributed by atoms with Gasteiger partial charge in [-0.05, 0) is 40.7 Å². The third-order valence-electron chi connectivity index (χ3n) is 3.42. The summed E-state index contributed by atoms with van der Waals surface area (Å²) in [7, 11) is 0. The van der Waals surface area contributed by atoms with Crippen molar-refractivity contribution in [3.63, 3.8) is 0 Å². The second-order valence-corrected chi connectivity index (χ2v) is 4.65. The van der Waals surface area contributed by atoms with Crippen LogP contribution in [-0.4, -0.2) is 4.98 Å². The van der Waals surface area contributed by atoms with Gasteiger partial charge in [-0.25, -0.2) is 0 Å². The summed E-state index contributed by atoms with van der Waals surface area (Å²) in [6.45, 7) is 2.29. The van der Waals surface area contributed by atoms with Crippen molar-refractivity contribution in [2.24, 2.45) is 5.92 Å². The van der Waals surface area contributed by atoms with E-state index in [1.54, 1.807) is 0 Å². The van der Waals surface area contributed by atoms with Gasteiger partial charge in [0.25, 0.3) is 0 Å². The summed E-state index contributed by atoms with van der Waals surface area (Å²) in [6.07, 6.45) is 7.21. The van der Waals surface area contributed by atoms with Crippen LogP contribution in [-0.2, 0) is 6.42 Å². The average molecular weight is 258 g/mol. The summed E-state index contributed by atoms with van der Waals surface area (Å²) in [5.41, 5.74) is 5.45. The fourth-order valence-corrected chi connectivity index (χ4v) is 2.51. The molecule has 0 aliphatic heterocycles. The zero-order valence-corrected chi connectivity index (χ0v) is 11.2. The van der Waals surface area contributed by atoms with Gasteiger partial charge in [0, 0.05) is 12.4 Å². The van der Waals surface area contributed by atoms with Crippen molar-refractivity contribution in [2.75, 3.05) is 0 Å². The van der Waals surface area contributed by atoms with Crippen molar-refractivity contribution in [3.05, 3.63) is 65.5 Å². The SMILES string of the molecule is CC1Cc2ccccc2C=C1c1cccnc1.Cl. The van der Waals surface area contributed by atoms with E-state index in [0.717, 1.165) is 6.42 Å². The number of aromatic nitrogens is 1. The van der Waals surface area contributed by atoms with Gasteiger partial charge in [0.1, 0.15) is 0 Å².